The van der Waals surface area contributed by atoms with Crippen LogP contribution in [0.2, 0.25) is 0 Å². The summed E-state index contributed by atoms with van der Waals surface area (Å²) in [5, 5.41) is 15.7. The molecule has 11 nitrogen and oxygen atoms in total. The SMILES string of the molecule is O=C(c1ccccc1)N(Oc1ccc2[nH]ccc2c1)S(=O)(=O)c1cc([N+](=O)[O-])c(NCCCN2CCCC2)s1. The number of benzene rings is 2. The Morgan fingerprint density at radius 2 is 1.90 bits per heavy atom. The molecule has 4 aromatic rings. The third-order valence-corrected chi connectivity index (χ3v) is 9.46. The van der Waals surface area contributed by atoms with Crippen molar-refractivity contribution in [2.75, 3.05) is 31.5 Å². The number of hydroxylamine groups is 1. The number of hydrogen-bond donors (Lipinski definition) is 2. The number of H-pyrrole nitrogens is 1. The van der Waals surface area contributed by atoms with Gasteiger partial charge in [-0.2, -0.15) is 8.42 Å². The lowest BCUT2D eigenvalue weighted by atomic mass is 10.2. The summed E-state index contributed by atoms with van der Waals surface area (Å²) in [5.41, 5.74) is 0.510. The fourth-order valence-electron chi connectivity index (χ4n) is 4.41. The van der Waals surface area contributed by atoms with Crippen LogP contribution in [0.25, 0.3) is 10.9 Å². The molecule has 2 aromatic heterocycles. The van der Waals surface area contributed by atoms with Crippen LogP contribution in [0, 0.1) is 10.1 Å². The molecule has 0 saturated carbocycles. The lowest BCUT2D eigenvalue weighted by Gasteiger charge is -2.21. The second-order valence-electron chi connectivity index (χ2n) is 9.09. The quantitative estimate of drug-likeness (QED) is 0.148. The summed E-state index contributed by atoms with van der Waals surface area (Å²) in [6.07, 6.45) is 4.82. The molecule has 1 aliphatic heterocycles. The molecule has 1 fully saturated rings. The van der Waals surface area contributed by atoms with Crippen molar-refractivity contribution in [3.63, 3.8) is 0 Å². The van der Waals surface area contributed by atoms with Crippen molar-refractivity contribution < 1.29 is 23.0 Å². The Labute approximate surface area is 229 Å². The van der Waals surface area contributed by atoms with E-state index in [0.717, 1.165) is 43.0 Å². The molecule has 5 rings (SSSR count). The minimum atomic E-state index is -4.65. The third-order valence-electron chi connectivity index (χ3n) is 6.39. The molecule has 2 aromatic carbocycles. The number of thiophene rings is 1. The maximum absolute atomic E-state index is 13.8. The zero-order valence-corrected chi connectivity index (χ0v) is 22.5. The first-order valence-electron chi connectivity index (χ1n) is 12.5. The van der Waals surface area contributed by atoms with Crippen LogP contribution in [0.4, 0.5) is 10.7 Å². The number of rotatable bonds is 11. The summed E-state index contributed by atoms with van der Waals surface area (Å²) in [7, 11) is -4.65. The standard InChI is InChI=1S/C26H27N5O6S2/c32-26(19-7-2-1-3-8-19)31(37-21-9-10-22-20(17-21)11-13-27-22)39(35,36)24-18-23(30(33)34)25(38-24)28-12-6-16-29-14-4-5-15-29/h1-3,7-11,13,17-18,27-28H,4-6,12,14-16H2. The van der Waals surface area contributed by atoms with Crippen molar-refractivity contribution >= 4 is 48.9 Å². The Kier molecular flexibility index (Phi) is 7.82. The van der Waals surface area contributed by atoms with Crippen LogP contribution in [-0.4, -0.2) is 59.8 Å². The predicted molar refractivity (Wildman–Crippen MR) is 148 cm³/mol. The molecular weight excluding hydrogens is 542 g/mol. The Bertz CT molecular complexity index is 1580. The number of nitro groups is 1. The monoisotopic (exact) mass is 569 g/mol. The Morgan fingerprint density at radius 3 is 2.64 bits per heavy atom. The molecule has 0 bridgehead atoms. The van der Waals surface area contributed by atoms with Gasteiger partial charge in [-0.1, -0.05) is 34.0 Å². The second-order valence-corrected chi connectivity index (χ2v) is 12.1. The van der Waals surface area contributed by atoms with Crippen LogP contribution in [0.15, 0.2) is 71.1 Å². The topological polar surface area (TPSA) is 138 Å². The van der Waals surface area contributed by atoms with Gasteiger partial charge in [0.1, 0.15) is 0 Å². The van der Waals surface area contributed by atoms with Crippen molar-refractivity contribution in [1.82, 2.24) is 14.4 Å². The summed E-state index contributed by atoms with van der Waals surface area (Å²) < 4.78 is 27.5. The summed E-state index contributed by atoms with van der Waals surface area (Å²) in [4.78, 5) is 35.6. The highest BCUT2D eigenvalue weighted by Gasteiger charge is 2.37. The Hall–Kier alpha value is -3.94. The molecule has 0 atom stereocenters. The van der Waals surface area contributed by atoms with E-state index in [0.29, 0.717) is 22.4 Å². The molecular formula is C26H27N5O6S2. The van der Waals surface area contributed by atoms with Gasteiger partial charge in [-0.15, -0.1) is 0 Å². The van der Waals surface area contributed by atoms with Gasteiger partial charge < -0.3 is 20.0 Å². The molecule has 1 saturated heterocycles. The number of hydrogen-bond acceptors (Lipinski definition) is 9. The number of sulfonamides is 1. The maximum atomic E-state index is 13.8. The van der Waals surface area contributed by atoms with E-state index in [4.69, 9.17) is 4.84 Å². The highest BCUT2D eigenvalue weighted by molar-refractivity contribution is 7.91. The van der Waals surface area contributed by atoms with Crippen molar-refractivity contribution in [2.45, 2.75) is 23.5 Å². The number of carbonyl (C=O) groups excluding carboxylic acids is 1. The summed E-state index contributed by atoms with van der Waals surface area (Å²) >= 11 is 0.700. The number of fused-ring (bicyclic) bond motifs is 1. The van der Waals surface area contributed by atoms with Gasteiger partial charge in [0.25, 0.3) is 0 Å². The van der Waals surface area contributed by atoms with E-state index in [2.05, 4.69) is 15.2 Å². The highest BCUT2D eigenvalue weighted by atomic mass is 32.2. The molecule has 0 spiro atoms. The Balaban J connectivity index is 1.43. The van der Waals surface area contributed by atoms with Gasteiger partial charge in [0.15, 0.2) is 15.0 Å². The highest BCUT2D eigenvalue weighted by Crippen LogP contribution is 2.39. The molecule has 0 unspecified atom stereocenters. The molecule has 2 N–H and O–H groups in total. The number of aromatic nitrogens is 1. The van der Waals surface area contributed by atoms with Crippen LogP contribution in [0.3, 0.4) is 0 Å². The van der Waals surface area contributed by atoms with E-state index >= 15 is 0 Å². The fraction of sp³-hybridized carbons (Fsp3) is 0.269. The minimum absolute atomic E-state index is 0.0788. The van der Waals surface area contributed by atoms with Gasteiger partial charge in [-0.25, -0.2) is 0 Å². The minimum Gasteiger partial charge on any atom is -0.371 e. The number of aromatic amines is 1. The molecule has 1 aliphatic rings. The largest absolute Gasteiger partial charge is 0.371 e. The third kappa shape index (κ3) is 5.90. The predicted octanol–water partition coefficient (Wildman–Crippen LogP) is 4.86. The molecule has 3 heterocycles. The van der Waals surface area contributed by atoms with Gasteiger partial charge in [0.05, 0.1) is 11.0 Å². The average Bonchev–Trinajstić information content (AvgIpc) is 3.70. The van der Waals surface area contributed by atoms with Crippen LogP contribution < -0.4 is 10.2 Å². The normalized spacial score (nSPS) is 13.9. The molecule has 0 aliphatic carbocycles. The number of amides is 1. The van der Waals surface area contributed by atoms with E-state index in [1.807, 2.05) is 0 Å². The number of nitrogens with one attached hydrogen (secondary N) is 2. The van der Waals surface area contributed by atoms with Crippen molar-refractivity contribution in [3.05, 3.63) is 82.5 Å². The lowest BCUT2D eigenvalue weighted by molar-refractivity contribution is -0.383. The first kappa shape index (κ1) is 26.7. The summed E-state index contributed by atoms with van der Waals surface area (Å²) in [6.45, 7) is 3.39. The van der Waals surface area contributed by atoms with E-state index in [1.165, 1.54) is 31.0 Å². The second kappa shape index (κ2) is 11.4. The van der Waals surface area contributed by atoms with Crippen LogP contribution >= 0.6 is 11.3 Å². The average molecular weight is 570 g/mol. The van der Waals surface area contributed by atoms with Crippen molar-refractivity contribution in [1.29, 1.82) is 0 Å². The van der Waals surface area contributed by atoms with Gasteiger partial charge in [0, 0.05) is 29.2 Å². The molecule has 204 valence electrons. The van der Waals surface area contributed by atoms with Crippen LogP contribution in [-0.2, 0) is 10.0 Å². The lowest BCUT2D eigenvalue weighted by Crippen LogP contribution is -2.39. The first-order valence-corrected chi connectivity index (χ1v) is 14.7. The Morgan fingerprint density at radius 1 is 1.13 bits per heavy atom. The number of carbonyl (C=O) groups is 1. The maximum Gasteiger partial charge on any atom is 0.308 e. The molecule has 1 amide bonds. The van der Waals surface area contributed by atoms with Gasteiger partial charge in [-0.05, 0) is 75.3 Å². The number of anilines is 1. The molecule has 0 radical (unpaired) electrons. The molecule has 39 heavy (non-hydrogen) atoms. The van der Waals surface area contributed by atoms with Crippen molar-refractivity contribution in [3.8, 4) is 5.75 Å². The van der Waals surface area contributed by atoms with Gasteiger partial charge >= 0.3 is 21.6 Å². The van der Waals surface area contributed by atoms with Crippen molar-refractivity contribution in [2.24, 2.45) is 0 Å². The van der Waals surface area contributed by atoms with Crippen LogP contribution in [0.1, 0.15) is 29.6 Å². The van der Waals surface area contributed by atoms with Gasteiger partial charge in [-0.3, -0.25) is 14.9 Å². The zero-order chi connectivity index (χ0) is 27.4. The van der Waals surface area contributed by atoms with E-state index in [9.17, 15) is 23.3 Å². The van der Waals surface area contributed by atoms with E-state index in [1.54, 1.807) is 42.6 Å². The number of nitrogens with zero attached hydrogens (tertiary/aromatic N) is 3. The molecule has 13 heteroatoms. The summed E-state index contributed by atoms with van der Waals surface area (Å²) in [6, 6.07) is 15.4. The smallest absolute Gasteiger partial charge is 0.308 e. The van der Waals surface area contributed by atoms with Gasteiger partial charge in [0.2, 0.25) is 0 Å². The van der Waals surface area contributed by atoms with E-state index < -0.39 is 20.9 Å². The van der Waals surface area contributed by atoms with E-state index in [-0.39, 0.29) is 26.2 Å². The van der Waals surface area contributed by atoms with Crippen LogP contribution in [0.5, 0.6) is 5.75 Å². The zero-order valence-electron chi connectivity index (χ0n) is 20.9. The first-order chi connectivity index (χ1) is 18.8. The fourth-order valence-corrected chi connectivity index (χ4v) is 7.00. The summed E-state index contributed by atoms with van der Waals surface area (Å²) in [5.74, 6) is -0.817. The number of likely N-dealkylation sites (tertiary alicyclic amines) is 1.